The largest absolute Gasteiger partial charge is 0.496 e. The van der Waals surface area contributed by atoms with E-state index in [1.807, 2.05) is 25.1 Å². The number of hydrogen-bond acceptors (Lipinski definition) is 5. The standard InChI is InChI=1S/C11H11ClN2OS2/c1-7-13-14-11(17-7)16-6-8-5-9(12)3-4-10(8)15-2/h3-5H,6H2,1-2H3. The van der Waals surface area contributed by atoms with Crippen molar-refractivity contribution in [2.24, 2.45) is 0 Å². The molecule has 17 heavy (non-hydrogen) atoms. The highest BCUT2D eigenvalue weighted by atomic mass is 35.5. The fourth-order valence-electron chi connectivity index (χ4n) is 1.34. The van der Waals surface area contributed by atoms with E-state index >= 15 is 0 Å². The Hall–Kier alpha value is -0.780. The van der Waals surface area contributed by atoms with Crippen molar-refractivity contribution in [2.75, 3.05) is 7.11 Å². The van der Waals surface area contributed by atoms with Crippen LogP contribution in [0.15, 0.2) is 22.5 Å². The van der Waals surface area contributed by atoms with Gasteiger partial charge in [0.25, 0.3) is 0 Å². The number of nitrogens with zero attached hydrogens (tertiary/aromatic N) is 2. The van der Waals surface area contributed by atoms with Crippen molar-refractivity contribution in [3.63, 3.8) is 0 Å². The van der Waals surface area contributed by atoms with Crippen molar-refractivity contribution >= 4 is 34.7 Å². The van der Waals surface area contributed by atoms with Crippen LogP contribution in [0.2, 0.25) is 5.02 Å². The van der Waals surface area contributed by atoms with Crippen molar-refractivity contribution in [1.29, 1.82) is 0 Å². The van der Waals surface area contributed by atoms with Gasteiger partial charge in [-0.05, 0) is 25.1 Å². The second-order valence-electron chi connectivity index (χ2n) is 3.33. The van der Waals surface area contributed by atoms with E-state index in [1.165, 1.54) is 0 Å². The first-order chi connectivity index (χ1) is 8.19. The Morgan fingerprint density at radius 2 is 2.24 bits per heavy atom. The molecular formula is C11H11ClN2OS2. The first-order valence-electron chi connectivity index (χ1n) is 4.94. The summed E-state index contributed by atoms with van der Waals surface area (Å²) in [6.45, 7) is 1.95. The fraction of sp³-hybridized carbons (Fsp3) is 0.273. The first kappa shape index (κ1) is 12.7. The SMILES string of the molecule is COc1ccc(Cl)cc1CSc1nnc(C)s1. The molecule has 0 bridgehead atoms. The van der Waals surface area contributed by atoms with Gasteiger partial charge in [-0.2, -0.15) is 0 Å². The number of aryl methyl sites for hydroxylation is 1. The molecule has 1 heterocycles. The van der Waals surface area contributed by atoms with Gasteiger partial charge >= 0.3 is 0 Å². The normalized spacial score (nSPS) is 10.5. The Morgan fingerprint density at radius 3 is 2.88 bits per heavy atom. The summed E-state index contributed by atoms with van der Waals surface area (Å²) in [6, 6.07) is 5.62. The highest BCUT2D eigenvalue weighted by molar-refractivity contribution is 8.00. The first-order valence-corrected chi connectivity index (χ1v) is 7.12. The summed E-state index contributed by atoms with van der Waals surface area (Å²) >= 11 is 9.20. The summed E-state index contributed by atoms with van der Waals surface area (Å²) in [5.74, 6) is 1.63. The quantitative estimate of drug-likeness (QED) is 0.801. The Morgan fingerprint density at radius 1 is 1.41 bits per heavy atom. The van der Waals surface area contributed by atoms with Crippen molar-refractivity contribution in [3.8, 4) is 5.75 Å². The lowest BCUT2D eigenvalue weighted by Crippen LogP contribution is -1.90. The van der Waals surface area contributed by atoms with Gasteiger partial charge in [0.2, 0.25) is 0 Å². The Kier molecular flexibility index (Phi) is 4.25. The van der Waals surface area contributed by atoms with Gasteiger partial charge in [-0.25, -0.2) is 0 Å². The van der Waals surface area contributed by atoms with Crippen LogP contribution in [0.1, 0.15) is 10.6 Å². The van der Waals surface area contributed by atoms with Gasteiger partial charge in [0, 0.05) is 16.3 Å². The summed E-state index contributed by atoms with van der Waals surface area (Å²) in [5, 5.41) is 9.74. The van der Waals surface area contributed by atoms with Crippen molar-refractivity contribution < 1.29 is 4.74 Å². The monoisotopic (exact) mass is 286 g/mol. The lowest BCUT2D eigenvalue weighted by Gasteiger charge is -2.07. The van der Waals surface area contributed by atoms with E-state index in [4.69, 9.17) is 16.3 Å². The maximum absolute atomic E-state index is 5.97. The van der Waals surface area contributed by atoms with Gasteiger partial charge in [-0.1, -0.05) is 34.7 Å². The van der Waals surface area contributed by atoms with Crippen LogP contribution in [-0.2, 0) is 5.75 Å². The molecule has 0 atom stereocenters. The van der Waals surface area contributed by atoms with E-state index in [0.29, 0.717) is 0 Å². The average molecular weight is 287 g/mol. The van der Waals surface area contributed by atoms with E-state index < -0.39 is 0 Å². The molecule has 0 aliphatic heterocycles. The molecule has 0 aliphatic rings. The lowest BCUT2D eigenvalue weighted by atomic mass is 10.2. The highest BCUT2D eigenvalue weighted by Gasteiger charge is 2.07. The number of ether oxygens (including phenoxy) is 1. The Labute approximate surface area is 113 Å². The summed E-state index contributed by atoms with van der Waals surface area (Å²) < 4.78 is 6.25. The molecule has 0 fully saturated rings. The average Bonchev–Trinajstić information content (AvgIpc) is 2.73. The molecule has 0 aliphatic carbocycles. The number of benzene rings is 1. The molecule has 0 unspecified atom stereocenters. The fourth-order valence-corrected chi connectivity index (χ4v) is 3.32. The number of methoxy groups -OCH3 is 1. The summed E-state index contributed by atoms with van der Waals surface area (Å²) in [7, 11) is 1.66. The van der Waals surface area contributed by atoms with Crippen LogP contribution in [0.5, 0.6) is 5.75 Å². The topological polar surface area (TPSA) is 35.0 Å². The maximum atomic E-state index is 5.97. The third-order valence-electron chi connectivity index (χ3n) is 2.10. The molecule has 0 N–H and O–H groups in total. The molecule has 3 nitrogen and oxygen atoms in total. The molecule has 2 rings (SSSR count). The molecule has 1 aromatic carbocycles. The van der Waals surface area contributed by atoms with Crippen LogP contribution < -0.4 is 4.74 Å². The van der Waals surface area contributed by atoms with Gasteiger partial charge in [0.05, 0.1) is 7.11 Å². The zero-order chi connectivity index (χ0) is 12.3. The number of hydrogen-bond donors (Lipinski definition) is 0. The second-order valence-corrected chi connectivity index (χ2v) is 6.17. The minimum atomic E-state index is 0.717. The van der Waals surface area contributed by atoms with E-state index in [0.717, 1.165) is 31.4 Å². The molecule has 0 amide bonds. The molecule has 1 aromatic heterocycles. The van der Waals surface area contributed by atoms with E-state index in [9.17, 15) is 0 Å². The summed E-state index contributed by atoms with van der Waals surface area (Å²) in [4.78, 5) is 0. The number of aromatic nitrogens is 2. The van der Waals surface area contributed by atoms with Crippen LogP contribution in [0.3, 0.4) is 0 Å². The molecule has 2 aromatic rings. The van der Waals surface area contributed by atoms with Gasteiger partial charge in [0.1, 0.15) is 10.8 Å². The lowest BCUT2D eigenvalue weighted by molar-refractivity contribution is 0.411. The van der Waals surface area contributed by atoms with Crippen LogP contribution in [0.4, 0.5) is 0 Å². The van der Waals surface area contributed by atoms with E-state index in [-0.39, 0.29) is 0 Å². The number of rotatable bonds is 4. The molecule has 0 saturated heterocycles. The van der Waals surface area contributed by atoms with Crippen molar-refractivity contribution in [3.05, 3.63) is 33.8 Å². The van der Waals surface area contributed by atoms with Crippen LogP contribution in [-0.4, -0.2) is 17.3 Å². The van der Waals surface area contributed by atoms with E-state index in [2.05, 4.69) is 10.2 Å². The smallest absolute Gasteiger partial charge is 0.174 e. The number of halogens is 1. The van der Waals surface area contributed by atoms with E-state index in [1.54, 1.807) is 30.2 Å². The zero-order valence-corrected chi connectivity index (χ0v) is 11.8. The highest BCUT2D eigenvalue weighted by Crippen LogP contribution is 2.31. The molecule has 0 spiro atoms. The van der Waals surface area contributed by atoms with Crippen molar-refractivity contribution in [1.82, 2.24) is 10.2 Å². The number of thioether (sulfide) groups is 1. The van der Waals surface area contributed by atoms with Crippen LogP contribution in [0.25, 0.3) is 0 Å². The molecule has 0 radical (unpaired) electrons. The molecule has 90 valence electrons. The third-order valence-corrected chi connectivity index (χ3v) is 4.36. The van der Waals surface area contributed by atoms with Gasteiger partial charge in [-0.15, -0.1) is 10.2 Å². The Bertz CT molecular complexity index is 516. The Balaban J connectivity index is 2.10. The van der Waals surface area contributed by atoms with Gasteiger partial charge in [0.15, 0.2) is 4.34 Å². The second kappa shape index (κ2) is 5.71. The van der Waals surface area contributed by atoms with Crippen molar-refractivity contribution in [2.45, 2.75) is 17.0 Å². The van der Waals surface area contributed by atoms with Crippen LogP contribution >= 0.6 is 34.7 Å². The predicted molar refractivity (Wildman–Crippen MR) is 72.2 cm³/mol. The molecule has 0 saturated carbocycles. The predicted octanol–water partition coefficient (Wildman–Crippen LogP) is 3.80. The molecule has 6 heteroatoms. The molecular weight excluding hydrogens is 276 g/mol. The summed E-state index contributed by atoms with van der Waals surface area (Å²) in [5.41, 5.74) is 1.07. The minimum absolute atomic E-state index is 0.717. The zero-order valence-electron chi connectivity index (χ0n) is 9.44. The van der Waals surface area contributed by atoms with Crippen LogP contribution in [0, 0.1) is 6.92 Å². The third kappa shape index (κ3) is 3.34. The van der Waals surface area contributed by atoms with Gasteiger partial charge < -0.3 is 4.74 Å². The summed E-state index contributed by atoms with van der Waals surface area (Å²) in [6.07, 6.45) is 0. The minimum Gasteiger partial charge on any atom is -0.496 e. The maximum Gasteiger partial charge on any atom is 0.174 e. The van der Waals surface area contributed by atoms with Gasteiger partial charge in [-0.3, -0.25) is 0 Å².